The molecule has 4 unspecified atom stereocenters. The lowest BCUT2D eigenvalue weighted by Gasteiger charge is -2.44. The van der Waals surface area contributed by atoms with Crippen molar-refractivity contribution in [2.75, 3.05) is 13.1 Å². The highest BCUT2D eigenvalue weighted by Crippen LogP contribution is 2.44. The number of nitrogens with zero attached hydrogens (tertiary/aromatic N) is 1. The highest BCUT2D eigenvalue weighted by atomic mass is 35.5. The Morgan fingerprint density at radius 3 is 2.28 bits per heavy atom. The zero-order valence-electron chi connectivity index (χ0n) is 14.1. The molecule has 1 aliphatic heterocycles. The number of hydrogen-bond donors (Lipinski definition) is 2. The number of amides is 1. The predicted molar refractivity (Wildman–Crippen MR) is 93.0 cm³/mol. The molecule has 2 aliphatic carbocycles. The summed E-state index contributed by atoms with van der Waals surface area (Å²) < 4.78 is 25.9. The zero-order valence-corrected chi connectivity index (χ0v) is 15.6. The van der Waals surface area contributed by atoms with Crippen LogP contribution in [-0.2, 0) is 4.79 Å². The van der Waals surface area contributed by atoms with Crippen LogP contribution in [0.1, 0.15) is 38.5 Å². The molecule has 1 saturated heterocycles. The number of nitrogens with two attached hydrogens (primary N) is 1. The molecule has 1 amide bonds. The summed E-state index contributed by atoms with van der Waals surface area (Å²) in [5.41, 5.74) is 6.41. The number of alkyl halides is 4. The van der Waals surface area contributed by atoms with Crippen molar-refractivity contribution in [2.45, 2.75) is 67.3 Å². The van der Waals surface area contributed by atoms with E-state index in [1.54, 1.807) is 4.90 Å². The maximum atomic E-state index is 13.0. The lowest BCUT2D eigenvalue weighted by Crippen LogP contribution is -2.53. The van der Waals surface area contributed by atoms with E-state index in [0.717, 1.165) is 12.8 Å². The Morgan fingerprint density at radius 1 is 1.16 bits per heavy atom. The first-order valence-corrected chi connectivity index (χ1v) is 9.93. The Bertz CT molecular complexity index is 495. The number of halogens is 4. The monoisotopic (exact) mass is 398 g/mol. The van der Waals surface area contributed by atoms with Gasteiger partial charge in [0.25, 0.3) is 0 Å². The standard InChI is InChI=1S/C17H26Cl2F2N2O2/c18-12-5-11(14(24)6-13(12)19)15(22)9-1-3-23(4-2-9)16(25)10-7-17(20,21)8-10/h9-15,24H,1-8,22H2/t11?,12?,13?,14?,15-/m1/s1. The highest BCUT2D eigenvalue weighted by molar-refractivity contribution is 6.30. The van der Waals surface area contributed by atoms with E-state index in [1.807, 2.05) is 0 Å². The molecule has 144 valence electrons. The molecule has 0 aromatic carbocycles. The van der Waals surface area contributed by atoms with Gasteiger partial charge < -0.3 is 15.7 Å². The normalized spacial score (nSPS) is 38.2. The van der Waals surface area contributed by atoms with Gasteiger partial charge >= 0.3 is 0 Å². The van der Waals surface area contributed by atoms with Gasteiger partial charge in [0.05, 0.1) is 16.9 Å². The Morgan fingerprint density at radius 2 is 1.72 bits per heavy atom. The van der Waals surface area contributed by atoms with Crippen molar-refractivity contribution in [3.8, 4) is 0 Å². The Hall–Kier alpha value is -0.170. The van der Waals surface area contributed by atoms with E-state index in [1.165, 1.54) is 0 Å². The van der Waals surface area contributed by atoms with Gasteiger partial charge in [-0.2, -0.15) is 0 Å². The molecule has 0 aromatic rings. The summed E-state index contributed by atoms with van der Waals surface area (Å²) in [4.78, 5) is 14.0. The Kier molecular flexibility index (Phi) is 5.84. The minimum atomic E-state index is -2.67. The third-order valence-electron chi connectivity index (χ3n) is 6.18. The van der Waals surface area contributed by atoms with Crippen molar-refractivity contribution < 1.29 is 18.7 Å². The molecule has 5 atom stereocenters. The first-order chi connectivity index (χ1) is 11.7. The van der Waals surface area contributed by atoms with Crippen LogP contribution in [0, 0.1) is 17.8 Å². The van der Waals surface area contributed by atoms with Crippen LogP contribution in [0.15, 0.2) is 0 Å². The molecular weight excluding hydrogens is 373 g/mol. The van der Waals surface area contributed by atoms with Crippen molar-refractivity contribution in [1.29, 1.82) is 0 Å². The first kappa shape index (κ1) is 19.6. The summed E-state index contributed by atoms with van der Waals surface area (Å²) in [6, 6.07) is -0.189. The Labute approximate surface area is 157 Å². The van der Waals surface area contributed by atoms with Gasteiger partial charge in [-0.25, -0.2) is 8.78 Å². The van der Waals surface area contributed by atoms with Crippen LogP contribution in [0.3, 0.4) is 0 Å². The predicted octanol–water partition coefficient (Wildman–Crippen LogP) is 2.58. The molecule has 0 bridgehead atoms. The van der Waals surface area contributed by atoms with Crippen molar-refractivity contribution >= 4 is 29.1 Å². The summed E-state index contributed by atoms with van der Waals surface area (Å²) in [6.07, 6.45) is 1.30. The van der Waals surface area contributed by atoms with E-state index in [-0.39, 0.29) is 47.4 Å². The fourth-order valence-corrected chi connectivity index (χ4v) is 5.07. The minimum absolute atomic E-state index is 0.0879. The van der Waals surface area contributed by atoms with Crippen LogP contribution in [0.5, 0.6) is 0 Å². The van der Waals surface area contributed by atoms with Crippen LogP contribution in [0.25, 0.3) is 0 Å². The van der Waals surface area contributed by atoms with Crippen molar-refractivity contribution in [3.63, 3.8) is 0 Å². The number of hydrogen-bond acceptors (Lipinski definition) is 3. The van der Waals surface area contributed by atoms with Crippen molar-refractivity contribution in [1.82, 2.24) is 4.90 Å². The van der Waals surface area contributed by atoms with Crippen LogP contribution in [0.4, 0.5) is 8.78 Å². The molecule has 2 saturated carbocycles. The SMILES string of the molecule is N[C@H](C1CCN(C(=O)C2CC(F)(F)C2)CC1)C1CC(Cl)C(Cl)CC1O. The van der Waals surface area contributed by atoms with Crippen molar-refractivity contribution in [3.05, 3.63) is 0 Å². The van der Waals surface area contributed by atoms with E-state index >= 15 is 0 Å². The van der Waals surface area contributed by atoms with Gasteiger partial charge in [0, 0.05) is 43.8 Å². The lowest BCUT2D eigenvalue weighted by atomic mass is 9.74. The fourth-order valence-electron chi connectivity index (χ4n) is 4.48. The minimum Gasteiger partial charge on any atom is -0.393 e. The number of aliphatic hydroxyl groups is 1. The molecule has 25 heavy (non-hydrogen) atoms. The molecule has 4 nitrogen and oxygen atoms in total. The molecule has 1 heterocycles. The second-order valence-electron chi connectivity index (χ2n) is 7.94. The molecule has 3 aliphatic rings. The van der Waals surface area contributed by atoms with Gasteiger partial charge in [-0.1, -0.05) is 0 Å². The number of aliphatic hydroxyl groups excluding tert-OH is 1. The smallest absolute Gasteiger partial charge is 0.249 e. The van der Waals surface area contributed by atoms with Crippen molar-refractivity contribution in [2.24, 2.45) is 23.5 Å². The number of piperidine rings is 1. The van der Waals surface area contributed by atoms with Gasteiger partial charge in [0.2, 0.25) is 11.8 Å². The van der Waals surface area contributed by atoms with Crippen LogP contribution in [0.2, 0.25) is 0 Å². The number of likely N-dealkylation sites (tertiary alicyclic amines) is 1. The van der Waals surface area contributed by atoms with Gasteiger partial charge in [-0.15, -0.1) is 23.2 Å². The van der Waals surface area contributed by atoms with Gasteiger partial charge in [0.15, 0.2) is 0 Å². The summed E-state index contributed by atoms with van der Waals surface area (Å²) in [5.74, 6) is -3.24. The maximum Gasteiger partial charge on any atom is 0.249 e. The highest BCUT2D eigenvalue weighted by Gasteiger charge is 2.50. The second-order valence-corrected chi connectivity index (χ2v) is 9.06. The van der Waals surface area contributed by atoms with Crippen LogP contribution < -0.4 is 5.73 Å². The van der Waals surface area contributed by atoms with E-state index in [9.17, 15) is 18.7 Å². The Balaban J connectivity index is 1.49. The van der Waals surface area contributed by atoms with E-state index in [4.69, 9.17) is 28.9 Å². The molecule has 3 fully saturated rings. The largest absolute Gasteiger partial charge is 0.393 e. The summed E-state index contributed by atoms with van der Waals surface area (Å²) in [6.45, 7) is 1.09. The van der Waals surface area contributed by atoms with Crippen LogP contribution >= 0.6 is 23.2 Å². The second kappa shape index (κ2) is 7.45. The topological polar surface area (TPSA) is 66.6 Å². The summed E-state index contributed by atoms with van der Waals surface area (Å²) >= 11 is 12.4. The van der Waals surface area contributed by atoms with E-state index in [2.05, 4.69) is 0 Å². The number of carbonyl (C=O) groups excluding carboxylic acids is 1. The van der Waals surface area contributed by atoms with E-state index < -0.39 is 17.9 Å². The molecule has 3 N–H and O–H groups in total. The summed E-state index contributed by atoms with van der Waals surface area (Å²) in [7, 11) is 0. The molecule has 0 spiro atoms. The first-order valence-electron chi connectivity index (χ1n) is 9.06. The molecule has 0 radical (unpaired) electrons. The molecular formula is C17H26Cl2F2N2O2. The third-order valence-corrected chi connectivity index (χ3v) is 7.27. The van der Waals surface area contributed by atoms with Crippen LogP contribution in [-0.4, -0.2) is 57.8 Å². The average molecular weight is 399 g/mol. The molecule has 8 heteroatoms. The lowest BCUT2D eigenvalue weighted by molar-refractivity contribution is -0.161. The quantitative estimate of drug-likeness (QED) is 0.717. The fraction of sp³-hybridized carbons (Fsp3) is 0.941. The van der Waals surface area contributed by atoms with Gasteiger partial charge in [-0.3, -0.25) is 4.79 Å². The zero-order chi connectivity index (χ0) is 18.4. The summed E-state index contributed by atoms with van der Waals surface area (Å²) in [5, 5.41) is 9.87. The van der Waals surface area contributed by atoms with Gasteiger partial charge in [-0.05, 0) is 31.6 Å². The molecule has 3 rings (SSSR count). The molecule has 0 aromatic heterocycles. The maximum absolute atomic E-state index is 13.0. The van der Waals surface area contributed by atoms with Gasteiger partial charge in [0.1, 0.15) is 0 Å². The third kappa shape index (κ3) is 4.23. The number of carbonyl (C=O) groups is 1. The van der Waals surface area contributed by atoms with E-state index in [0.29, 0.717) is 25.9 Å². The number of rotatable bonds is 3. The average Bonchev–Trinajstić information content (AvgIpc) is 2.55.